The maximum atomic E-state index is 13.1. The van der Waals surface area contributed by atoms with E-state index in [0.717, 1.165) is 42.6 Å². The molecular weight excluding hydrogens is 376 g/mol. The number of aromatic amines is 1. The Hall–Kier alpha value is -2.96. The summed E-state index contributed by atoms with van der Waals surface area (Å²) in [4.78, 5) is 34.0. The van der Waals surface area contributed by atoms with Crippen molar-refractivity contribution in [2.24, 2.45) is 0 Å². The number of rotatable bonds is 6. The molecule has 1 atom stereocenters. The number of ketones is 1. The molecule has 6 nitrogen and oxygen atoms in total. The molecule has 1 aliphatic rings. The van der Waals surface area contributed by atoms with Crippen molar-refractivity contribution in [3.63, 3.8) is 0 Å². The quantitative estimate of drug-likeness (QED) is 0.490. The van der Waals surface area contributed by atoms with E-state index in [2.05, 4.69) is 27.1 Å². The number of carbonyl (C=O) groups is 2. The summed E-state index contributed by atoms with van der Waals surface area (Å²) in [5.74, 6) is -1.06. The fourth-order valence-corrected chi connectivity index (χ4v) is 4.11. The number of para-hydroxylation sites is 1. The second-order valence-electron chi connectivity index (χ2n) is 8.04. The van der Waals surface area contributed by atoms with Crippen molar-refractivity contribution in [3.8, 4) is 0 Å². The maximum absolute atomic E-state index is 13.1. The van der Waals surface area contributed by atoms with E-state index in [0.29, 0.717) is 17.8 Å². The lowest BCUT2D eigenvalue weighted by Gasteiger charge is -2.35. The molecule has 0 aliphatic carbocycles. The van der Waals surface area contributed by atoms with E-state index >= 15 is 0 Å². The van der Waals surface area contributed by atoms with Crippen molar-refractivity contribution in [1.29, 1.82) is 0 Å². The van der Waals surface area contributed by atoms with Gasteiger partial charge in [-0.05, 0) is 25.6 Å². The van der Waals surface area contributed by atoms with Gasteiger partial charge >= 0.3 is 0 Å². The van der Waals surface area contributed by atoms with E-state index in [1.54, 1.807) is 0 Å². The van der Waals surface area contributed by atoms with Gasteiger partial charge in [0, 0.05) is 49.3 Å². The first-order chi connectivity index (χ1) is 14.5. The molecule has 2 N–H and O–H groups in total. The molecule has 30 heavy (non-hydrogen) atoms. The highest BCUT2D eigenvalue weighted by Gasteiger charge is 2.27. The summed E-state index contributed by atoms with van der Waals surface area (Å²) in [6.07, 6.45) is 0. The molecule has 2 heterocycles. The number of benzene rings is 2. The van der Waals surface area contributed by atoms with E-state index in [-0.39, 0.29) is 6.04 Å². The van der Waals surface area contributed by atoms with Gasteiger partial charge in [-0.3, -0.25) is 14.5 Å². The number of amides is 1. The third-order valence-electron chi connectivity index (χ3n) is 5.87. The standard InChI is InChI=1S/C24H28N4O2/c1-17-22(19-10-6-7-11-20(19)25-17)23(29)24(30)26-21(18-8-4-3-5-9-18)16-28-14-12-27(2)13-15-28/h3-11,21,25H,12-16H2,1-2H3,(H,26,30). The van der Waals surface area contributed by atoms with Crippen LogP contribution in [-0.2, 0) is 4.79 Å². The van der Waals surface area contributed by atoms with Crippen LogP contribution in [0.5, 0.6) is 0 Å². The molecular formula is C24H28N4O2. The van der Waals surface area contributed by atoms with Gasteiger partial charge in [-0.1, -0.05) is 48.5 Å². The van der Waals surface area contributed by atoms with Crippen molar-refractivity contribution in [2.45, 2.75) is 13.0 Å². The van der Waals surface area contributed by atoms with E-state index < -0.39 is 11.7 Å². The Balaban J connectivity index is 1.55. The lowest BCUT2D eigenvalue weighted by molar-refractivity contribution is -0.117. The van der Waals surface area contributed by atoms with Gasteiger partial charge in [-0.2, -0.15) is 0 Å². The molecule has 1 unspecified atom stereocenters. The summed E-state index contributed by atoms with van der Waals surface area (Å²) < 4.78 is 0. The van der Waals surface area contributed by atoms with E-state index in [1.165, 1.54) is 0 Å². The number of nitrogens with zero attached hydrogens (tertiary/aromatic N) is 2. The first-order valence-corrected chi connectivity index (χ1v) is 10.4. The van der Waals surface area contributed by atoms with E-state index in [4.69, 9.17) is 0 Å². The Kier molecular flexibility index (Phi) is 5.97. The summed E-state index contributed by atoms with van der Waals surface area (Å²) in [6, 6.07) is 17.2. The van der Waals surface area contributed by atoms with Crippen LogP contribution in [0.4, 0.5) is 0 Å². The predicted molar refractivity (Wildman–Crippen MR) is 119 cm³/mol. The summed E-state index contributed by atoms with van der Waals surface area (Å²) in [7, 11) is 2.12. The molecule has 1 amide bonds. The average molecular weight is 405 g/mol. The molecule has 1 aliphatic heterocycles. The SMILES string of the molecule is Cc1[nH]c2ccccc2c1C(=O)C(=O)NC(CN1CCN(C)CC1)c1ccccc1. The zero-order chi connectivity index (χ0) is 21.1. The number of carbonyl (C=O) groups excluding carboxylic acids is 2. The maximum Gasteiger partial charge on any atom is 0.293 e. The monoisotopic (exact) mass is 404 g/mol. The molecule has 0 radical (unpaired) electrons. The first kappa shape index (κ1) is 20.3. The van der Waals surface area contributed by atoms with Gasteiger partial charge in [-0.15, -0.1) is 0 Å². The largest absolute Gasteiger partial charge is 0.358 e. The van der Waals surface area contributed by atoms with Crippen molar-refractivity contribution in [2.75, 3.05) is 39.8 Å². The molecule has 0 bridgehead atoms. The van der Waals surface area contributed by atoms with Gasteiger partial charge in [0.05, 0.1) is 11.6 Å². The molecule has 1 aromatic heterocycles. The van der Waals surface area contributed by atoms with Crippen LogP contribution in [0, 0.1) is 6.92 Å². The molecule has 0 saturated carbocycles. The van der Waals surface area contributed by atoms with Crippen LogP contribution in [0.25, 0.3) is 10.9 Å². The molecule has 4 rings (SSSR count). The topological polar surface area (TPSA) is 68.4 Å². The number of hydrogen-bond donors (Lipinski definition) is 2. The normalized spacial score (nSPS) is 16.5. The highest BCUT2D eigenvalue weighted by molar-refractivity contribution is 6.45. The van der Waals surface area contributed by atoms with Crippen molar-refractivity contribution >= 4 is 22.6 Å². The Labute approximate surface area is 176 Å². The van der Waals surface area contributed by atoms with E-state index in [9.17, 15) is 9.59 Å². The second-order valence-corrected chi connectivity index (χ2v) is 8.04. The number of aryl methyl sites for hydroxylation is 1. The molecule has 3 aromatic rings. The molecule has 1 saturated heterocycles. The van der Waals surface area contributed by atoms with Gasteiger partial charge < -0.3 is 15.2 Å². The second kappa shape index (κ2) is 8.81. The number of aromatic nitrogens is 1. The highest BCUT2D eigenvalue weighted by Crippen LogP contribution is 2.23. The van der Waals surface area contributed by atoms with Crippen LogP contribution < -0.4 is 5.32 Å². The lowest BCUT2D eigenvalue weighted by atomic mass is 10.0. The highest BCUT2D eigenvalue weighted by atomic mass is 16.2. The Morgan fingerprint density at radius 1 is 1.00 bits per heavy atom. The number of nitrogens with one attached hydrogen (secondary N) is 2. The zero-order valence-electron chi connectivity index (χ0n) is 17.5. The Morgan fingerprint density at radius 2 is 1.67 bits per heavy atom. The summed E-state index contributed by atoms with van der Waals surface area (Å²) >= 11 is 0. The summed E-state index contributed by atoms with van der Waals surface area (Å²) in [5, 5.41) is 3.80. The van der Waals surface area contributed by atoms with Crippen LogP contribution >= 0.6 is 0 Å². The Morgan fingerprint density at radius 3 is 2.40 bits per heavy atom. The number of fused-ring (bicyclic) bond motifs is 1. The molecule has 156 valence electrons. The smallest absolute Gasteiger partial charge is 0.293 e. The van der Waals surface area contributed by atoms with Crippen LogP contribution in [0.1, 0.15) is 27.7 Å². The number of piperazine rings is 1. The third-order valence-corrected chi connectivity index (χ3v) is 5.87. The van der Waals surface area contributed by atoms with Crippen molar-refractivity contribution < 1.29 is 9.59 Å². The molecule has 0 spiro atoms. The minimum Gasteiger partial charge on any atom is -0.358 e. The molecule has 6 heteroatoms. The molecule has 1 fully saturated rings. The van der Waals surface area contributed by atoms with Gasteiger partial charge in [0.2, 0.25) is 0 Å². The fourth-order valence-electron chi connectivity index (χ4n) is 4.11. The number of H-pyrrole nitrogens is 1. The molecule has 2 aromatic carbocycles. The van der Waals surface area contributed by atoms with Gasteiger partial charge in [0.1, 0.15) is 0 Å². The lowest BCUT2D eigenvalue weighted by Crippen LogP contribution is -2.48. The number of Topliss-reactive ketones (excluding diaryl/α,β-unsaturated/α-hetero) is 1. The van der Waals surface area contributed by atoms with Crippen molar-refractivity contribution in [1.82, 2.24) is 20.1 Å². The third kappa shape index (κ3) is 4.30. The fraction of sp³-hybridized carbons (Fsp3) is 0.333. The summed E-state index contributed by atoms with van der Waals surface area (Å²) in [6.45, 7) is 6.42. The van der Waals surface area contributed by atoms with Gasteiger partial charge in [-0.25, -0.2) is 0 Å². The number of likely N-dealkylation sites (N-methyl/N-ethyl adjacent to an activating group) is 1. The number of hydrogen-bond acceptors (Lipinski definition) is 4. The van der Waals surface area contributed by atoms with Crippen LogP contribution in [0.2, 0.25) is 0 Å². The minimum absolute atomic E-state index is 0.239. The van der Waals surface area contributed by atoms with Crippen LogP contribution in [-0.4, -0.2) is 66.2 Å². The average Bonchev–Trinajstić information content (AvgIpc) is 3.10. The Bertz CT molecular complexity index is 1040. The van der Waals surface area contributed by atoms with Crippen molar-refractivity contribution in [3.05, 3.63) is 71.4 Å². The van der Waals surface area contributed by atoms with Crippen LogP contribution in [0.3, 0.4) is 0 Å². The van der Waals surface area contributed by atoms with Crippen LogP contribution in [0.15, 0.2) is 54.6 Å². The van der Waals surface area contributed by atoms with E-state index in [1.807, 2.05) is 61.5 Å². The predicted octanol–water partition coefficient (Wildman–Crippen LogP) is 2.76. The summed E-state index contributed by atoms with van der Waals surface area (Å²) in [5.41, 5.74) is 3.04. The first-order valence-electron chi connectivity index (χ1n) is 10.4. The minimum atomic E-state index is -0.564. The van der Waals surface area contributed by atoms with Gasteiger partial charge in [0.25, 0.3) is 11.7 Å². The zero-order valence-corrected chi connectivity index (χ0v) is 17.5. The van der Waals surface area contributed by atoms with Gasteiger partial charge in [0.15, 0.2) is 0 Å².